The molecule has 0 atom stereocenters. The van der Waals surface area contributed by atoms with E-state index in [4.69, 9.17) is 4.74 Å². The lowest BCUT2D eigenvalue weighted by molar-refractivity contribution is -0.137. The summed E-state index contributed by atoms with van der Waals surface area (Å²) in [5, 5.41) is 0. The molecule has 0 saturated carbocycles. The molecule has 1 aliphatic heterocycles. The average molecular weight is 442 g/mol. The van der Waals surface area contributed by atoms with Gasteiger partial charge in [-0.15, -0.1) is 0 Å². The number of piperazine rings is 1. The normalized spacial score (nSPS) is 14.3. The van der Waals surface area contributed by atoms with Crippen molar-refractivity contribution in [1.29, 1.82) is 0 Å². The lowest BCUT2D eigenvalue weighted by Gasteiger charge is -2.34. The zero-order valence-electron chi connectivity index (χ0n) is 17.1. The number of ether oxygens (including phenoxy) is 1. The van der Waals surface area contributed by atoms with Crippen LogP contribution in [0.5, 0.6) is 5.75 Å². The van der Waals surface area contributed by atoms with Crippen molar-refractivity contribution >= 4 is 11.9 Å². The first-order valence-electron chi connectivity index (χ1n) is 10.1. The number of halogens is 3. The summed E-state index contributed by atoms with van der Waals surface area (Å²) >= 11 is 0. The Balaban J connectivity index is 1.28. The van der Waals surface area contributed by atoms with Crippen LogP contribution in [-0.2, 0) is 12.6 Å². The fourth-order valence-corrected chi connectivity index (χ4v) is 3.41. The summed E-state index contributed by atoms with van der Waals surface area (Å²) in [7, 11) is 0. The molecule has 0 radical (unpaired) electrons. The van der Waals surface area contributed by atoms with Crippen LogP contribution < -0.4 is 9.64 Å². The van der Waals surface area contributed by atoms with Gasteiger partial charge in [-0.1, -0.05) is 18.2 Å². The van der Waals surface area contributed by atoms with Gasteiger partial charge in [0.15, 0.2) is 0 Å². The van der Waals surface area contributed by atoms with E-state index < -0.39 is 17.8 Å². The molecule has 0 bridgehead atoms. The second kappa shape index (κ2) is 9.25. The minimum atomic E-state index is -4.40. The van der Waals surface area contributed by atoms with Gasteiger partial charge in [0, 0.05) is 50.7 Å². The van der Waals surface area contributed by atoms with Crippen LogP contribution in [0.1, 0.15) is 16.8 Å². The van der Waals surface area contributed by atoms with Crippen LogP contribution in [0.3, 0.4) is 0 Å². The lowest BCUT2D eigenvalue weighted by atomic mass is 10.1. The minimum absolute atomic E-state index is 0.377. The number of carbonyl (C=O) groups is 1. The minimum Gasteiger partial charge on any atom is -0.410 e. The molecular weight excluding hydrogens is 421 g/mol. The molecule has 1 amide bonds. The fraction of sp³-hybridized carbons (Fsp3) is 0.261. The first-order valence-corrected chi connectivity index (χ1v) is 10.1. The van der Waals surface area contributed by atoms with Crippen LogP contribution in [0.4, 0.5) is 23.8 Å². The van der Waals surface area contributed by atoms with Crippen LogP contribution in [0.15, 0.2) is 67.0 Å². The third-order valence-electron chi connectivity index (χ3n) is 5.18. The van der Waals surface area contributed by atoms with Gasteiger partial charge in [0.1, 0.15) is 11.6 Å². The highest BCUT2D eigenvalue weighted by atomic mass is 19.4. The van der Waals surface area contributed by atoms with Gasteiger partial charge >= 0.3 is 12.3 Å². The van der Waals surface area contributed by atoms with Crippen LogP contribution >= 0.6 is 0 Å². The largest absolute Gasteiger partial charge is 0.417 e. The van der Waals surface area contributed by atoms with Crippen molar-refractivity contribution < 1.29 is 22.7 Å². The Labute approximate surface area is 183 Å². The summed E-state index contributed by atoms with van der Waals surface area (Å²) in [6, 6.07) is 15.0. The van der Waals surface area contributed by atoms with Crippen LogP contribution in [0, 0.1) is 0 Å². The Hall–Kier alpha value is -3.62. The van der Waals surface area contributed by atoms with Gasteiger partial charge in [-0.2, -0.15) is 13.2 Å². The number of nitrogens with zero attached hydrogens (tertiary/aromatic N) is 4. The third kappa shape index (κ3) is 5.35. The predicted octanol–water partition coefficient (Wildman–Crippen LogP) is 4.41. The number of pyridine rings is 2. The van der Waals surface area contributed by atoms with Gasteiger partial charge in [0.2, 0.25) is 0 Å². The SMILES string of the molecule is O=C(Oc1ccc(Cc2ccc(C(F)(F)F)cn2)cc1)N1CCN(c2ccccn2)CC1. The van der Waals surface area contributed by atoms with E-state index in [0.717, 1.165) is 23.6 Å². The Bertz CT molecular complexity index is 1030. The molecule has 1 aliphatic rings. The molecule has 3 aromatic rings. The predicted molar refractivity (Wildman–Crippen MR) is 113 cm³/mol. The third-order valence-corrected chi connectivity index (χ3v) is 5.18. The van der Waals surface area contributed by atoms with Crippen LogP contribution in [0.2, 0.25) is 0 Å². The molecule has 166 valence electrons. The van der Waals surface area contributed by atoms with Gasteiger partial charge in [0.05, 0.1) is 5.56 Å². The van der Waals surface area contributed by atoms with Crippen molar-refractivity contribution in [3.8, 4) is 5.75 Å². The van der Waals surface area contributed by atoms with E-state index in [9.17, 15) is 18.0 Å². The maximum absolute atomic E-state index is 12.6. The smallest absolute Gasteiger partial charge is 0.410 e. The number of carbonyl (C=O) groups excluding carboxylic acids is 1. The molecule has 0 unspecified atom stereocenters. The Morgan fingerprint density at radius 3 is 2.28 bits per heavy atom. The molecule has 32 heavy (non-hydrogen) atoms. The summed E-state index contributed by atoms with van der Waals surface area (Å²) in [4.78, 5) is 24.4. The number of hydrogen-bond acceptors (Lipinski definition) is 5. The molecule has 2 aromatic heterocycles. The number of benzene rings is 1. The number of amides is 1. The number of alkyl halides is 3. The molecule has 1 aromatic carbocycles. The summed E-state index contributed by atoms with van der Waals surface area (Å²) in [5.41, 5.74) is 0.596. The quantitative estimate of drug-likeness (QED) is 0.599. The Morgan fingerprint density at radius 1 is 0.938 bits per heavy atom. The zero-order chi connectivity index (χ0) is 22.6. The molecule has 0 N–H and O–H groups in total. The first kappa shape index (κ1) is 21.6. The number of anilines is 1. The summed E-state index contributed by atoms with van der Waals surface area (Å²) in [6.45, 7) is 2.41. The maximum atomic E-state index is 12.6. The van der Waals surface area contributed by atoms with Crippen molar-refractivity contribution in [3.05, 3.63) is 83.8 Å². The Kier molecular flexibility index (Phi) is 6.25. The number of hydrogen-bond donors (Lipinski definition) is 0. The monoisotopic (exact) mass is 442 g/mol. The molecule has 9 heteroatoms. The standard InChI is InChI=1S/C23H21F3N4O2/c24-23(25,26)18-6-7-19(28-16-18)15-17-4-8-20(9-5-17)32-22(31)30-13-11-29(12-14-30)21-3-1-2-10-27-21/h1-10,16H,11-15H2. The molecule has 6 nitrogen and oxygen atoms in total. The van der Waals surface area contributed by atoms with Crippen molar-refractivity contribution in [3.63, 3.8) is 0 Å². The summed E-state index contributed by atoms with van der Waals surface area (Å²) in [5.74, 6) is 1.30. The van der Waals surface area contributed by atoms with Gasteiger partial charge in [-0.05, 0) is 42.0 Å². The summed E-state index contributed by atoms with van der Waals surface area (Å²) < 4.78 is 43.4. The molecule has 0 spiro atoms. The molecule has 3 heterocycles. The van der Waals surface area contributed by atoms with Gasteiger partial charge in [-0.3, -0.25) is 4.98 Å². The average Bonchev–Trinajstić information content (AvgIpc) is 2.81. The van der Waals surface area contributed by atoms with E-state index in [1.54, 1.807) is 35.4 Å². The van der Waals surface area contributed by atoms with Crippen LogP contribution in [0.25, 0.3) is 0 Å². The number of rotatable bonds is 4. The topological polar surface area (TPSA) is 58.6 Å². The van der Waals surface area contributed by atoms with Crippen molar-refractivity contribution in [2.45, 2.75) is 12.6 Å². The molecule has 4 rings (SSSR count). The highest BCUT2D eigenvalue weighted by Gasteiger charge is 2.30. The molecule has 1 fully saturated rings. The molecule has 0 aliphatic carbocycles. The highest BCUT2D eigenvalue weighted by Crippen LogP contribution is 2.28. The highest BCUT2D eigenvalue weighted by molar-refractivity contribution is 5.71. The van der Waals surface area contributed by atoms with Gasteiger partial charge < -0.3 is 14.5 Å². The number of aromatic nitrogens is 2. The maximum Gasteiger partial charge on any atom is 0.417 e. The first-order chi connectivity index (χ1) is 15.4. The van der Waals surface area contributed by atoms with E-state index in [0.29, 0.717) is 44.0 Å². The zero-order valence-corrected chi connectivity index (χ0v) is 17.1. The van der Waals surface area contributed by atoms with Crippen molar-refractivity contribution in [2.75, 3.05) is 31.1 Å². The van der Waals surface area contributed by atoms with Crippen LogP contribution in [-0.4, -0.2) is 47.1 Å². The summed E-state index contributed by atoms with van der Waals surface area (Å²) in [6.07, 6.45) is -1.86. The van der Waals surface area contributed by atoms with Crippen molar-refractivity contribution in [1.82, 2.24) is 14.9 Å². The second-order valence-corrected chi connectivity index (χ2v) is 7.39. The van der Waals surface area contributed by atoms with E-state index >= 15 is 0 Å². The van der Waals surface area contributed by atoms with Crippen molar-refractivity contribution in [2.24, 2.45) is 0 Å². The van der Waals surface area contributed by atoms with Gasteiger partial charge in [-0.25, -0.2) is 9.78 Å². The van der Waals surface area contributed by atoms with E-state index in [-0.39, 0.29) is 0 Å². The van der Waals surface area contributed by atoms with E-state index in [2.05, 4.69) is 14.9 Å². The van der Waals surface area contributed by atoms with E-state index in [1.165, 1.54) is 6.07 Å². The molecular formula is C23H21F3N4O2. The van der Waals surface area contributed by atoms with E-state index in [1.807, 2.05) is 18.2 Å². The Morgan fingerprint density at radius 2 is 1.69 bits per heavy atom. The van der Waals surface area contributed by atoms with Gasteiger partial charge in [0.25, 0.3) is 0 Å². The fourth-order valence-electron chi connectivity index (χ4n) is 3.41. The molecule has 1 saturated heterocycles. The lowest BCUT2D eigenvalue weighted by Crippen LogP contribution is -2.49. The second-order valence-electron chi connectivity index (χ2n) is 7.39.